The number of aliphatic hydroxyl groups is 1. The van der Waals surface area contributed by atoms with Crippen LogP contribution in [0.3, 0.4) is 0 Å². The summed E-state index contributed by atoms with van der Waals surface area (Å²) in [5.74, 6) is 0. The van der Waals surface area contributed by atoms with Gasteiger partial charge in [-0.2, -0.15) is 0 Å². The molecule has 9 nitrogen and oxygen atoms in total. The number of nitrogens with one attached hydrogen (secondary N) is 1. The molecule has 2 aromatic rings. The maximum Gasteiger partial charge on any atom is 0.330 e. The molecule has 0 spiro atoms. The molecule has 24 heavy (non-hydrogen) atoms. The normalized spacial score (nSPS) is 23.7. The third kappa shape index (κ3) is 3.04. The summed E-state index contributed by atoms with van der Waals surface area (Å²) in [6, 6.07) is -0.225. The van der Waals surface area contributed by atoms with Gasteiger partial charge in [-0.3, -0.25) is 14.3 Å². The van der Waals surface area contributed by atoms with Crippen molar-refractivity contribution in [2.75, 3.05) is 6.61 Å². The van der Waals surface area contributed by atoms with Crippen LogP contribution in [0.5, 0.6) is 0 Å². The summed E-state index contributed by atoms with van der Waals surface area (Å²) in [4.78, 5) is 25.8. The number of aryl methyl sites for hydroxylation is 2. The molecule has 1 unspecified atom stereocenters. The van der Waals surface area contributed by atoms with Crippen LogP contribution in [0.2, 0.25) is 0 Å². The molecule has 3 atom stereocenters. The predicted octanol–water partition coefficient (Wildman–Crippen LogP) is -0.0899. The lowest BCUT2D eigenvalue weighted by Gasteiger charge is -2.15. The zero-order chi connectivity index (χ0) is 17.3. The second-order valence-corrected chi connectivity index (χ2v) is 6.03. The van der Waals surface area contributed by atoms with Gasteiger partial charge in [0.25, 0.3) is 5.56 Å². The van der Waals surface area contributed by atoms with Gasteiger partial charge < -0.3 is 9.84 Å². The first-order valence-corrected chi connectivity index (χ1v) is 8.02. The van der Waals surface area contributed by atoms with Crippen molar-refractivity contribution in [3.8, 4) is 0 Å². The van der Waals surface area contributed by atoms with Crippen molar-refractivity contribution in [1.82, 2.24) is 24.5 Å². The minimum absolute atomic E-state index is 0.193. The van der Waals surface area contributed by atoms with Crippen molar-refractivity contribution < 1.29 is 9.84 Å². The third-order valence-electron chi connectivity index (χ3n) is 4.24. The number of aliphatic hydroxyl groups excluding tert-OH is 1. The van der Waals surface area contributed by atoms with Crippen LogP contribution in [0, 0.1) is 6.92 Å². The third-order valence-corrected chi connectivity index (χ3v) is 4.24. The van der Waals surface area contributed by atoms with E-state index in [4.69, 9.17) is 4.74 Å². The van der Waals surface area contributed by atoms with E-state index in [-0.39, 0.29) is 12.6 Å². The summed E-state index contributed by atoms with van der Waals surface area (Å²) in [5.41, 5.74) is 0.367. The molecule has 0 amide bonds. The molecule has 0 aliphatic carbocycles. The van der Waals surface area contributed by atoms with Crippen molar-refractivity contribution in [3.63, 3.8) is 0 Å². The van der Waals surface area contributed by atoms with Gasteiger partial charge in [0.1, 0.15) is 12.3 Å². The lowest BCUT2D eigenvalue weighted by molar-refractivity contribution is -0.0323. The van der Waals surface area contributed by atoms with Gasteiger partial charge >= 0.3 is 5.69 Å². The van der Waals surface area contributed by atoms with Crippen molar-refractivity contribution in [3.05, 3.63) is 44.5 Å². The lowest BCUT2D eigenvalue weighted by Crippen LogP contribution is -2.33. The van der Waals surface area contributed by atoms with E-state index < -0.39 is 23.6 Å². The van der Waals surface area contributed by atoms with Gasteiger partial charge in [0.15, 0.2) is 0 Å². The maximum atomic E-state index is 12.0. The molecule has 130 valence electrons. The summed E-state index contributed by atoms with van der Waals surface area (Å²) in [6.07, 6.45) is 4.51. The first-order valence-electron chi connectivity index (χ1n) is 8.02. The number of hydrogen-bond acceptors (Lipinski definition) is 6. The molecule has 3 heterocycles. The maximum absolute atomic E-state index is 12.0. The molecular formula is C15H21N5O4. The van der Waals surface area contributed by atoms with E-state index in [0.29, 0.717) is 12.0 Å². The predicted molar refractivity (Wildman–Crippen MR) is 84.7 cm³/mol. The minimum atomic E-state index is -0.575. The molecule has 1 fully saturated rings. The second-order valence-electron chi connectivity index (χ2n) is 6.03. The highest BCUT2D eigenvalue weighted by molar-refractivity contribution is 5.02. The van der Waals surface area contributed by atoms with Gasteiger partial charge in [-0.15, -0.1) is 5.10 Å². The number of rotatable bonds is 5. The van der Waals surface area contributed by atoms with E-state index in [0.717, 1.165) is 18.5 Å². The summed E-state index contributed by atoms with van der Waals surface area (Å²) >= 11 is 0. The number of H-pyrrole nitrogens is 1. The Morgan fingerprint density at radius 2 is 2.21 bits per heavy atom. The second kappa shape index (κ2) is 6.70. The molecule has 3 rings (SSSR count). The fourth-order valence-corrected chi connectivity index (χ4v) is 2.97. The quantitative estimate of drug-likeness (QED) is 0.789. The Balaban J connectivity index is 1.87. The van der Waals surface area contributed by atoms with Gasteiger partial charge in [0.05, 0.1) is 18.3 Å². The van der Waals surface area contributed by atoms with Crippen LogP contribution < -0.4 is 11.2 Å². The Kier molecular flexibility index (Phi) is 4.63. The topological polar surface area (TPSA) is 115 Å². The van der Waals surface area contributed by atoms with Crippen molar-refractivity contribution >= 4 is 0 Å². The van der Waals surface area contributed by atoms with E-state index in [1.807, 2.05) is 6.20 Å². The Labute approximate surface area is 137 Å². The smallest absolute Gasteiger partial charge is 0.330 e. The number of aromatic nitrogens is 5. The highest BCUT2D eigenvalue weighted by atomic mass is 16.5. The summed E-state index contributed by atoms with van der Waals surface area (Å²) < 4.78 is 8.85. The van der Waals surface area contributed by atoms with Crippen LogP contribution in [0.15, 0.2) is 22.0 Å². The number of ether oxygens (including phenoxy) is 1. The number of hydrogen-bond donors (Lipinski definition) is 2. The zero-order valence-electron chi connectivity index (χ0n) is 13.7. The van der Waals surface area contributed by atoms with Crippen LogP contribution in [0.4, 0.5) is 0 Å². The lowest BCUT2D eigenvalue weighted by atomic mass is 10.1. The van der Waals surface area contributed by atoms with Gasteiger partial charge in [-0.05, 0) is 13.3 Å². The van der Waals surface area contributed by atoms with Crippen molar-refractivity contribution in [2.24, 2.45) is 0 Å². The monoisotopic (exact) mass is 335 g/mol. The molecular weight excluding hydrogens is 314 g/mol. The Hall–Kier alpha value is -2.26. The largest absolute Gasteiger partial charge is 0.394 e. The number of nitrogens with zero attached hydrogens (tertiary/aromatic N) is 4. The molecule has 0 bridgehead atoms. The van der Waals surface area contributed by atoms with Crippen LogP contribution in [-0.2, 0) is 11.2 Å². The fourth-order valence-electron chi connectivity index (χ4n) is 2.97. The standard InChI is InChI=1S/C15H21N5O4/c1-3-4-10-7-20(18-17-10)11-5-13(24-12(11)8-21)19-6-9(2)14(22)16-15(19)23/h6-7,11-13,21H,3-5,8H2,1-2H3,(H,16,22,23)/t11-,12+,13?/m0/s1. The Morgan fingerprint density at radius 1 is 1.42 bits per heavy atom. The van der Waals surface area contributed by atoms with Gasteiger partial charge in [-0.1, -0.05) is 18.6 Å². The summed E-state index contributed by atoms with van der Waals surface area (Å²) in [7, 11) is 0. The van der Waals surface area contributed by atoms with E-state index in [9.17, 15) is 14.7 Å². The van der Waals surface area contributed by atoms with E-state index >= 15 is 0 Å². The zero-order valence-corrected chi connectivity index (χ0v) is 13.7. The molecule has 1 saturated heterocycles. The van der Waals surface area contributed by atoms with Crippen LogP contribution in [0.25, 0.3) is 0 Å². The number of aromatic amines is 1. The molecule has 9 heteroatoms. The average molecular weight is 335 g/mol. The van der Waals surface area contributed by atoms with Crippen molar-refractivity contribution in [1.29, 1.82) is 0 Å². The molecule has 2 aromatic heterocycles. The highest BCUT2D eigenvalue weighted by Crippen LogP contribution is 2.35. The Morgan fingerprint density at radius 3 is 2.92 bits per heavy atom. The van der Waals surface area contributed by atoms with E-state index in [1.165, 1.54) is 10.8 Å². The van der Waals surface area contributed by atoms with E-state index in [1.54, 1.807) is 11.6 Å². The molecule has 1 aliphatic rings. The first kappa shape index (κ1) is 16.6. The van der Waals surface area contributed by atoms with Gasteiger partial charge in [-0.25, -0.2) is 9.48 Å². The molecule has 1 aliphatic heterocycles. The van der Waals surface area contributed by atoms with Gasteiger partial charge in [0, 0.05) is 24.4 Å². The molecule has 0 aromatic carbocycles. The Bertz CT molecular complexity index is 824. The van der Waals surface area contributed by atoms with Crippen LogP contribution >= 0.6 is 0 Å². The van der Waals surface area contributed by atoms with Crippen molar-refractivity contribution in [2.45, 2.75) is 51.5 Å². The van der Waals surface area contributed by atoms with E-state index in [2.05, 4.69) is 22.2 Å². The highest BCUT2D eigenvalue weighted by Gasteiger charge is 2.38. The summed E-state index contributed by atoms with van der Waals surface area (Å²) in [5, 5.41) is 17.9. The van der Waals surface area contributed by atoms with Crippen LogP contribution in [-0.4, -0.2) is 42.4 Å². The molecule has 0 radical (unpaired) electrons. The fraction of sp³-hybridized carbons (Fsp3) is 0.600. The average Bonchev–Trinajstić information content (AvgIpc) is 3.17. The minimum Gasteiger partial charge on any atom is -0.394 e. The molecule has 2 N–H and O–H groups in total. The first-order chi connectivity index (χ1) is 11.5. The molecule has 0 saturated carbocycles. The van der Waals surface area contributed by atoms with Crippen LogP contribution in [0.1, 0.15) is 43.3 Å². The van der Waals surface area contributed by atoms with Gasteiger partial charge in [0.2, 0.25) is 0 Å². The summed E-state index contributed by atoms with van der Waals surface area (Å²) in [6.45, 7) is 3.50. The SMILES string of the molecule is CCCc1cn([C@H]2CC(n3cc(C)c(=O)[nH]c3=O)O[C@@H]2CO)nn1.